The third-order valence-electron chi connectivity index (χ3n) is 3.48. The molecule has 1 amide bonds. The minimum absolute atomic E-state index is 0.185. The summed E-state index contributed by atoms with van der Waals surface area (Å²) in [4.78, 5) is 22.8. The zero-order chi connectivity index (χ0) is 15.2. The molecule has 0 saturated carbocycles. The van der Waals surface area contributed by atoms with Crippen LogP contribution in [0.25, 0.3) is 0 Å². The molecule has 1 fully saturated rings. The smallest absolute Gasteiger partial charge is 0.332 e. The number of carbonyl (C=O) groups excluding carboxylic acids is 1. The molecule has 0 bridgehead atoms. The van der Waals surface area contributed by atoms with Crippen molar-refractivity contribution < 1.29 is 24.5 Å². The summed E-state index contributed by atoms with van der Waals surface area (Å²) in [6.07, 6.45) is -0.446. The monoisotopic (exact) mass is 293 g/mol. The highest BCUT2D eigenvalue weighted by Gasteiger charge is 2.35. The maximum Gasteiger partial charge on any atom is 0.332 e. The third-order valence-corrected chi connectivity index (χ3v) is 3.48. The molecule has 6 nitrogen and oxygen atoms in total. The Labute approximate surface area is 122 Å². The van der Waals surface area contributed by atoms with Crippen LogP contribution in [0.2, 0.25) is 0 Å². The van der Waals surface area contributed by atoms with Gasteiger partial charge in [0.2, 0.25) is 5.91 Å². The molecule has 1 heterocycles. The highest BCUT2D eigenvalue weighted by molar-refractivity contribution is 5.82. The number of carboxylic acid groups (broad SMARTS) is 1. The molecule has 1 aromatic rings. The average Bonchev–Trinajstić information content (AvgIpc) is 2.97. The van der Waals surface area contributed by atoms with Gasteiger partial charge in [-0.3, -0.25) is 4.79 Å². The molecule has 1 saturated heterocycles. The standard InChI is InChI=1S/C15H19NO5/c17-9-11(8-10-4-2-1-3-5-10)16-14(18)12-6-7-13(21-12)15(19)20/h1-5,11-13,17H,6-9H2,(H,16,18)(H,19,20)/t11-,12?,13?/m0/s1. The zero-order valence-corrected chi connectivity index (χ0v) is 11.6. The van der Waals surface area contributed by atoms with E-state index in [-0.39, 0.29) is 12.5 Å². The van der Waals surface area contributed by atoms with Crippen molar-refractivity contribution in [1.29, 1.82) is 0 Å². The van der Waals surface area contributed by atoms with E-state index < -0.39 is 24.2 Å². The predicted octanol–water partition coefficient (Wildman–Crippen LogP) is 0.338. The van der Waals surface area contributed by atoms with Crippen molar-refractivity contribution in [1.82, 2.24) is 5.32 Å². The summed E-state index contributed by atoms with van der Waals surface area (Å²) >= 11 is 0. The Balaban J connectivity index is 1.87. The van der Waals surface area contributed by atoms with E-state index in [1.807, 2.05) is 30.3 Å². The van der Waals surface area contributed by atoms with Crippen LogP contribution in [0.15, 0.2) is 30.3 Å². The van der Waals surface area contributed by atoms with Crippen LogP contribution >= 0.6 is 0 Å². The van der Waals surface area contributed by atoms with Gasteiger partial charge in [0.1, 0.15) is 6.10 Å². The summed E-state index contributed by atoms with van der Waals surface area (Å²) in [5, 5.41) is 20.9. The molecular weight excluding hydrogens is 274 g/mol. The number of aliphatic hydroxyl groups excluding tert-OH is 1. The Morgan fingerprint density at radius 1 is 1.24 bits per heavy atom. The first kappa shape index (κ1) is 15.5. The van der Waals surface area contributed by atoms with Crippen LogP contribution in [0.5, 0.6) is 0 Å². The van der Waals surface area contributed by atoms with E-state index in [0.717, 1.165) is 5.56 Å². The van der Waals surface area contributed by atoms with Crippen molar-refractivity contribution in [3.05, 3.63) is 35.9 Å². The van der Waals surface area contributed by atoms with Crippen LogP contribution in [0.1, 0.15) is 18.4 Å². The summed E-state index contributed by atoms with van der Waals surface area (Å²) < 4.78 is 5.19. The van der Waals surface area contributed by atoms with E-state index in [2.05, 4.69) is 5.32 Å². The number of benzene rings is 1. The van der Waals surface area contributed by atoms with Crippen LogP contribution in [-0.4, -0.2) is 46.9 Å². The summed E-state index contributed by atoms with van der Waals surface area (Å²) in [6, 6.07) is 9.11. The normalized spacial score (nSPS) is 22.7. The summed E-state index contributed by atoms with van der Waals surface area (Å²) in [7, 11) is 0. The van der Waals surface area contributed by atoms with Crippen molar-refractivity contribution in [3.8, 4) is 0 Å². The Morgan fingerprint density at radius 3 is 2.48 bits per heavy atom. The van der Waals surface area contributed by atoms with Gasteiger partial charge in [-0.1, -0.05) is 30.3 Å². The van der Waals surface area contributed by atoms with E-state index in [0.29, 0.717) is 19.3 Å². The molecule has 114 valence electrons. The SMILES string of the molecule is O=C(O)C1CCC(C(=O)N[C@H](CO)Cc2ccccc2)O1. The lowest BCUT2D eigenvalue weighted by molar-refractivity contribution is -0.152. The number of carbonyl (C=O) groups is 2. The maximum atomic E-state index is 12.0. The molecule has 3 N–H and O–H groups in total. The van der Waals surface area contributed by atoms with Gasteiger partial charge in [0, 0.05) is 0 Å². The van der Waals surface area contributed by atoms with Gasteiger partial charge in [0.15, 0.2) is 6.10 Å². The topological polar surface area (TPSA) is 95.9 Å². The van der Waals surface area contributed by atoms with Gasteiger partial charge >= 0.3 is 5.97 Å². The molecule has 21 heavy (non-hydrogen) atoms. The fraction of sp³-hybridized carbons (Fsp3) is 0.467. The highest BCUT2D eigenvalue weighted by Crippen LogP contribution is 2.20. The van der Waals surface area contributed by atoms with Gasteiger partial charge in [-0.2, -0.15) is 0 Å². The molecule has 6 heteroatoms. The van der Waals surface area contributed by atoms with Crippen molar-refractivity contribution in [2.75, 3.05) is 6.61 Å². The van der Waals surface area contributed by atoms with E-state index in [9.17, 15) is 14.7 Å². The quantitative estimate of drug-likeness (QED) is 0.703. The second-order valence-corrected chi connectivity index (χ2v) is 5.11. The molecule has 0 spiro atoms. The molecule has 0 aromatic heterocycles. The number of hydrogen-bond donors (Lipinski definition) is 3. The first-order valence-corrected chi connectivity index (χ1v) is 6.93. The number of nitrogens with one attached hydrogen (secondary N) is 1. The van der Waals surface area contributed by atoms with Crippen LogP contribution in [-0.2, 0) is 20.7 Å². The van der Waals surface area contributed by atoms with Crippen LogP contribution in [0.3, 0.4) is 0 Å². The molecule has 0 radical (unpaired) electrons. The Bertz CT molecular complexity index is 490. The Hall–Kier alpha value is -1.92. The van der Waals surface area contributed by atoms with E-state index in [1.54, 1.807) is 0 Å². The van der Waals surface area contributed by atoms with Gasteiger partial charge in [-0.15, -0.1) is 0 Å². The maximum absolute atomic E-state index is 12.0. The number of rotatable bonds is 6. The Kier molecular flexibility index (Phi) is 5.30. The zero-order valence-electron chi connectivity index (χ0n) is 11.6. The lowest BCUT2D eigenvalue weighted by Gasteiger charge is -2.19. The lowest BCUT2D eigenvalue weighted by Crippen LogP contribution is -2.44. The lowest BCUT2D eigenvalue weighted by atomic mass is 10.1. The second-order valence-electron chi connectivity index (χ2n) is 5.11. The predicted molar refractivity (Wildman–Crippen MR) is 74.7 cm³/mol. The summed E-state index contributed by atoms with van der Waals surface area (Å²) in [6.45, 7) is -0.185. The third kappa shape index (κ3) is 4.27. The molecule has 0 aliphatic carbocycles. The minimum Gasteiger partial charge on any atom is -0.479 e. The van der Waals surface area contributed by atoms with Gasteiger partial charge in [0.25, 0.3) is 0 Å². The number of aliphatic hydroxyl groups is 1. The van der Waals surface area contributed by atoms with Crippen LogP contribution < -0.4 is 5.32 Å². The number of ether oxygens (including phenoxy) is 1. The van der Waals surface area contributed by atoms with Crippen molar-refractivity contribution in [2.24, 2.45) is 0 Å². The molecule has 2 rings (SSSR count). The first-order valence-electron chi connectivity index (χ1n) is 6.93. The fourth-order valence-electron chi connectivity index (χ4n) is 2.37. The second kappa shape index (κ2) is 7.19. The van der Waals surface area contributed by atoms with Crippen molar-refractivity contribution in [3.63, 3.8) is 0 Å². The van der Waals surface area contributed by atoms with Crippen LogP contribution in [0.4, 0.5) is 0 Å². The average molecular weight is 293 g/mol. The molecule has 2 unspecified atom stereocenters. The number of amides is 1. The van der Waals surface area contributed by atoms with Crippen molar-refractivity contribution in [2.45, 2.75) is 37.5 Å². The summed E-state index contributed by atoms with van der Waals surface area (Å²) in [5.74, 6) is -1.41. The first-order chi connectivity index (χ1) is 10.1. The van der Waals surface area contributed by atoms with E-state index in [1.165, 1.54) is 0 Å². The molecule has 1 aliphatic rings. The molecule has 1 aromatic carbocycles. The number of aliphatic carboxylic acids is 1. The largest absolute Gasteiger partial charge is 0.479 e. The molecule has 3 atom stereocenters. The minimum atomic E-state index is -1.05. The summed E-state index contributed by atoms with van der Waals surface area (Å²) in [5.41, 5.74) is 1.01. The van der Waals surface area contributed by atoms with Gasteiger partial charge in [0.05, 0.1) is 12.6 Å². The van der Waals surface area contributed by atoms with Gasteiger partial charge < -0.3 is 20.3 Å². The number of carboxylic acids is 1. The van der Waals surface area contributed by atoms with Gasteiger partial charge in [-0.05, 0) is 24.8 Å². The Morgan fingerprint density at radius 2 is 1.90 bits per heavy atom. The molecule has 1 aliphatic heterocycles. The molecular formula is C15H19NO5. The van der Waals surface area contributed by atoms with Crippen LogP contribution in [0, 0.1) is 0 Å². The van der Waals surface area contributed by atoms with Crippen molar-refractivity contribution >= 4 is 11.9 Å². The van der Waals surface area contributed by atoms with Gasteiger partial charge in [-0.25, -0.2) is 4.79 Å². The fourth-order valence-corrected chi connectivity index (χ4v) is 2.37. The van der Waals surface area contributed by atoms with E-state index >= 15 is 0 Å². The highest BCUT2D eigenvalue weighted by atomic mass is 16.5. The number of hydrogen-bond acceptors (Lipinski definition) is 4. The van der Waals surface area contributed by atoms with E-state index in [4.69, 9.17) is 9.84 Å².